The van der Waals surface area contributed by atoms with Crippen molar-refractivity contribution in [2.24, 2.45) is 5.92 Å². The van der Waals surface area contributed by atoms with Gasteiger partial charge in [0.2, 0.25) is 5.75 Å². The summed E-state index contributed by atoms with van der Waals surface area (Å²) in [5.74, 6) is 0.772. The summed E-state index contributed by atoms with van der Waals surface area (Å²) >= 11 is 0. The van der Waals surface area contributed by atoms with E-state index in [1.54, 1.807) is 19.1 Å². The number of hydrogen-bond donors (Lipinski definition) is 2. The summed E-state index contributed by atoms with van der Waals surface area (Å²) in [5, 5.41) is 5.54. The minimum atomic E-state index is -0.719. The molecule has 0 aliphatic carbocycles. The maximum atomic E-state index is 12.7. The Balaban J connectivity index is 2.66. The molecule has 2 rings (SSSR count). The second kappa shape index (κ2) is 9.34. The van der Waals surface area contributed by atoms with E-state index in [9.17, 15) is 9.59 Å². The molecule has 1 atom stereocenters. The van der Waals surface area contributed by atoms with Gasteiger partial charge in [0.1, 0.15) is 0 Å². The third-order valence-electron chi connectivity index (χ3n) is 4.28. The smallest absolute Gasteiger partial charge is 0.338 e. The van der Waals surface area contributed by atoms with Crippen molar-refractivity contribution in [3.63, 3.8) is 0 Å². The molecule has 8 heteroatoms. The Labute approximate surface area is 165 Å². The number of amides is 2. The lowest BCUT2D eigenvalue weighted by Gasteiger charge is -2.31. The van der Waals surface area contributed by atoms with E-state index in [1.807, 2.05) is 20.8 Å². The van der Waals surface area contributed by atoms with E-state index in [-0.39, 0.29) is 12.5 Å². The van der Waals surface area contributed by atoms with Gasteiger partial charge >= 0.3 is 12.0 Å². The van der Waals surface area contributed by atoms with Gasteiger partial charge in [0.05, 0.1) is 39.0 Å². The van der Waals surface area contributed by atoms with Gasteiger partial charge in [0.25, 0.3) is 0 Å². The summed E-state index contributed by atoms with van der Waals surface area (Å²) in [6.45, 7) is 8.05. The van der Waals surface area contributed by atoms with Crippen LogP contribution in [0.3, 0.4) is 0 Å². The first kappa shape index (κ1) is 21.4. The van der Waals surface area contributed by atoms with Crippen LogP contribution in [-0.2, 0) is 9.53 Å². The fraction of sp³-hybridized carbons (Fsp3) is 0.500. The van der Waals surface area contributed by atoms with Crippen LogP contribution in [0.25, 0.3) is 0 Å². The zero-order valence-corrected chi connectivity index (χ0v) is 17.2. The molecule has 0 spiro atoms. The number of esters is 1. The van der Waals surface area contributed by atoms with Gasteiger partial charge in [0.15, 0.2) is 11.5 Å². The first-order valence-electron chi connectivity index (χ1n) is 9.25. The molecule has 0 aromatic heterocycles. The number of rotatable bonds is 8. The van der Waals surface area contributed by atoms with E-state index in [1.165, 1.54) is 14.2 Å². The highest BCUT2D eigenvalue weighted by Crippen LogP contribution is 2.42. The molecule has 0 bridgehead atoms. The van der Waals surface area contributed by atoms with Crippen molar-refractivity contribution in [2.45, 2.75) is 33.7 Å². The van der Waals surface area contributed by atoms with Gasteiger partial charge in [-0.15, -0.1) is 0 Å². The SMILES string of the molecule is CCOC(=O)C1=C(C(C)C)NC(=O)NC1c1cc(OC)c(OCC)c(OC)c1. The normalized spacial score (nSPS) is 16.4. The number of ether oxygens (including phenoxy) is 4. The molecule has 2 N–H and O–H groups in total. The van der Waals surface area contributed by atoms with Gasteiger partial charge in [-0.25, -0.2) is 9.59 Å². The van der Waals surface area contributed by atoms with Crippen LogP contribution in [0.1, 0.15) is 39.3 Å². The number of nitrogens with one attached hydrogen (secondary N) is 2. The molecule has 1 unspecified atom stereocenters. The van der Waals surface area contributed by atoms with Crippen molar-refractivity contribution >= 4 is 12.0 Å². The fourth-order valence-electron chi connectivity index (χ4n) is 3.08. The lowest BCUT2D eigenvalue weighted by molar-refractivity contribution is -0.139. The summed E-state index contributed by atoms with van der Waals surface area (Å²) in [6.07, 6.45) is 0. The van der Waals surface area contributed by atoms with Crippen LogP contribution in [0.2, 0.25) is 0 Å². The quantitative estimate of drug-likeness (QED) is 0.661. The standard InChI is InChI=1S/C20H28N2O6/c1-7-27-18-13(25-5)9-12(10-14(18)26-6)17-15(19(23)28-8-2)16(11(3)4)21-20(24)22-17/h9-11,17H,7-8H2,1-6H3,(H2,21,22,24). The topological polar surface area (TPSA) is 95.1 Å². The number of methoxy groups -OCH3 is 2. The Kier molecular flexibility index (Phi) is 7.14. The van der Waals surface area contributed by atoms with Gasteiger partial charge in [0, 0.05) is 5.70 Å². The van der Waals surface area contributed by atoms with Crippen molar-refractivity contribution in [3.05, 3.63) is 29.0 Å². The highest BCUT2D eigenvalue weighted by Gasteiger charge is 2.35. The summed E-state index contributed by atoms with van der Waals surface area (Å²) in [6, 6.07) is 2.33. The maximum Gasteiger partial charge on any atom is 0.338 e. The molecule has 1 aliphatic rings. The molecule has 0 saturated carbocycles. The molecule has 1 aromatic carbocycles. The third kappa shape index (κ3) is 4.32. The summed E-state index contributed by atoms with van der Waals surface area (Å²) in [5.41, 5.74) is 1.50. The van der Waals surface area contributed by atoms with Gasteiger partial charge < -0.3 is 29.6 Å². The van der Waals surface area contributed by atoms with Crippen LogP contribution >= 0.6 is 0 Å². The molecule has 1 aromatic rings. The monoisotopic (exact) mass is 392 g/mol. The van der Waals surface area contributed by atoms with Crippen LogP contribution < -0.4 is 24.8 Å². The number of hydrogen-bond acceptors (Lipinski definition) is 6. The average molecular weight is 392 g/mol. The molecule has 0 saturated heterocycles. The Morgan fingerprint density at radius 2 is 1.71 bits per heavy atom. The van der Waals surface area contributed by atoms with Gasteiger partial charge in [-0.05, 0) is 37.5 Å². The van der Waals surface area contributed by atoms with Crippen molar-refractivity contribution in [1.82, 2.24) is 10.6 Å². The van der Waals surface area contributed by atoms with Crippen LogP contribution in [-0.4, -0.2) is 39.4 Å². The van der Waals surface area contributed by atoms with Crippen molar-refractivity contribution in [1.29, 1.82) is 0 Å². The Hall–Kier alpha value is -2.90. The number of urea groups is 1. The molecular weight excluding hydrogens is 364 g/mol. The lowest BCUT2D eigenvalue weighted by atomic mass is 9.91. The minimum Gasteiger partial charge on any atom is -0.493 e. The van der Waals surface area contributed by atoms with E-state index >= 15 is 0 Å². The van der Waals surface area contributed by atoms with E-state index in [2.05, 4.69) is 10.6 Å². The third-order valence-corrected chi connectivity index (χ3v) is 4.28. The molecular formula is C20H28N2O6. The molecule has 0 fully saturated rings. The predicted octanol–water partition coefficient (Wildman–Crippen LogP) is 2.93. The Morgan fingerprint density at radius 3 is 2.18 bits per heavy atom. The maximum absolute atomic E-state index is 12.7. The number of carbonyl (C=O) groups excluding carboxylic acids is 2. The molecule has 154 valence electrons. The summed E-state index contributed by atoms with van der Waals surface area (Å²) in [7, 11) is 3.04. The van der Waals surface area contributed by atoms with Crippen LogP contribution in [0.15, 0.2) is 23.4 Å². The first-order valence-corrected chi connectivity index (χ1v) is 9.25. The van der Waals surface area contributed by atoms with Gasteiger partial charge in [-0.2, -0.15) is 0 Å². The van der Waals surface area contributed by atoms with E-state index in [0.29, 0.717) is 40.7 Å². The summed E-state index contributed by atoms with van der Waals surface area (Å²) in [4.78, 5) is 25.0. The van der Waals surface area contributed by atoms with Crippen molar-refractivity contribution < 1.29 is 28.5 Å². The minimum absolute atomic E-state index is 0.0838. The van der Waals surface area contributed by atoms with Crippen LogP contribution in [0, 0.1) is 5.92 Å². The van der Waals surface area contributed by atoms with E-state index < -0.39 is 18.0 Å². The second-order valence-corrected chi connectivity index (χ2v) is 6.42. The molecule has 28 heavy (non-hydrogen) atoms. The molecule has 8 nitrogen and oxygen atoms in total. The first-order chi connectivity index (χ1) is 13.4. The highest BCUT2D eigenvalue weighted by atomic mass is 16.5. The van der Waals surface area contributed by atoms with Crippen LogP contribution in [0.4, 0.5) is 4.79 Å². The largest absolute Gasteiger partial charge is 0.493 e. The number of allylic oxidation sites excluding steroid dienone is 1. The van der Waals surface area contributed by atoms with E-state index in [4.69, 9.17) is 18.9 Å². The Morgan fingerprint density at radius 1 is 1.11 bits per heavy atom. The molecule has 1 heterocycles. The van der Waals surface area contributed by atoms with Gasteiger partial charge in [-0.3, -0.25) is 0 Å². The Bertz CT molecular complexity index is 747. The lowest BCUT2D eigenvalue weighted by Crippen LogP contribution is -2.47. The fourth-order valence-corrected chi connectivity index (χ4v) is 3.08. The molecule has 2 amide bonds. The highest BCUT2D eigenvalue weighted by molar-refractivity contribution is 5.95. The number of benzene rings is 1. The van der Waals surface area contributed by atoms with Crippen LogP contribution in [0.5, 0.6) is 17.2 Å². The second-order valence-electron chi connectivity index (χ2n) is 6.42. The predicted molar refractivity (Wildman–Crippen MR) is 104 cm³/mol. The van der Waals surface area contributed by atoms with Gasteiger partial charge in [-0.1, -0.05) is 13.8 Å². The summed E-state index contributed by atoms with van der Waals surface area (Å²) < 4.78 is 21.8. The molecule has 1 aliphatic heterocycles. The van der Waals surface area contributed by atoms with Crippen molar-refractivity contribution in [3.8, 4) is 17.2 Å². The molecule has 0 radical (unpaired) electrons. The zero-order chi connectivity index (χ0) is 20.8. The van der Waals surface area contributed by atoms with Crippen molar-refractivity contribution in [2.75, 3.05) is 27.4 Å². The average Bonchev–Trinajstić information content (AvgIpc) is 2.67. The van der Waals surface area contributed by atoms with E-state index in [0.717, 1.165) is 0 Å². The zero-order valence-electron chi connectivity index (χ0n) is 17.2. The number of carbonyl (C=O) groups is 2.